The van der Waals surface area contributed by atoms with Crippen molar-refractivity contribution in [2.75, 3.05) is 31.1 Å². The van der Waals surface area contributed by atoms with Crippen molar-refractivity contribution in [3.05, 3.63) is 65.5 Å². The van der Waals surface area contributed by atoms with Gasteiger partial charge in [0.2, 0.25) is 0 Å². The highest BCUT2D eigenvalue weighted by molar-refractivity contribution is 5.96. The number of hydrogen-bond acceptors (Lipinski definition) is 3. The molecule has 24 heavy (non-hydrogen) atoms. The summed E-state index contributed by atoms with van der Waals surface area (Å²) >= 11 is 0. The van der Waals surface area contributed by atoms with Crippen LogP contribution in [0.3, 0.4) is 0 Å². The molecule has 125 valence electrons. The summed E-state index contributed by atoms with van der Waals surface area (Å²) in [4.78, 5) is 21.0. The summed E-state index contributed by atoms with van der Waals surface area (Å²) in [6.07, 6.45) is 1.86. The summed E-state index contributed by atoms with van der Waals surface area (Å²) in [5.41, 5.74) is 2.77. The summed E-state index contributed by atoms with van der Waals surface area (Å²) in [5, 5.41) is 0. The van der Waals surface area contributed by atoms with E-state index >= 15 is 0 Å². The molecule has 1 aliphatic heterocycles. The van der Waals surface area contributed by atoms with Gasteiger partial charge in [0.05, 0.1) is 5.56 Å². The summed E-state index contributed by atoms with van der Waals surface area (Å²) in [5.74, 6) is 0.161. The molecule has 2 heterocycles. The van der Waals surface area contributed by atoms with Gasteiger partial charge >= 0.3 is 0 Å². The van der Waals surface area contributed by atoms with Gasteiger partial charge in [0.1, 0.15) is 11.6 Å². The molecule has 0 unspecified atom stereocenters. The predicted molar refractivity (Wildman–Crippen MR) is 92.7 cm³/mol. The lowest BCUT2D eigenvalue weighted by Crippen LogP contribution is -2.49. The van der Waals surface area contributed by atoms with Gasteiger partial charge in [0.25, 0.3) is 5.91 Å². The topological polar surface area (TPSA) is 36.4 Å². The molecule has 1 aromatic carbocycles. The Hall–Kier alpha value is -2.43. The van der Waals surface area contributed by atoms with Crippen molar-refractivity contribution in [1.82, 2.24) is 9.88 Å². The highest BCUT2D eigenvalue weighted by Crippen LogP contribution is 2.21. The maximum Gasteiger partial charge on any atom is 0.257 e. The molecule has 1 radical (unpaired) electrons. The fourth-order valence-electron chi connectivity index (χ4n) is 3.13. The van der Waals surface area contributed by atoms with Crippen molar-refractivity contribution in [3.63, 3.8) is 0 Å². The molecule has 3 rings (SSSR count). The van der Waals surface area contributed by atoms with E-state index in [-0.39, 0.29) is 11.5 Å². The van der Waals surface area contributed by atoms with Gasteiger partial charge in [-0.1, -0.05) is 18.2 Å². The standard InChI is InChI=1S/C19H21FN3O/c1-13-11-15(3)18(21-12-13)22-7-9-23(10-8-22)19(24)17-14(2)5-4-6-16(17)20/h4-6,11-12H,2,7-10H2,1,3H3. The first kappa shape index (κ1) is 16.4. The van der Waals surface area contributed by atoms with E-state index in [1.54, 1.807) is 17.0 Å². The molecule has 1 fully saturated rings. The third-order valence-corrected chi connectivity index (χ3v) is 4.37. The number of carbonyl (C=O) groups excluding carboxylic acids is 1. The van der Waals surface area contributed by atoms with Crippen molar-refractivity contribution >= 4 is 11.7 Å². The van der Waals surface area contributed by atoms with E-state index < -0.39 is 5.82 Å². The van der Waals surface area contributed by atoms with Crippen molar-refractivity contribution in [1.29, 1.82) is 0 Å². The summed E-state index contributed by atoms with van der Waals surface area (Å²) in [6, 6.07) is 6.64. The van der Waals surface area contributed by atoms with Gasteiger partial charge in [0.15, 0.2) is 0 Å². The Morgan fingerprint density at radius 2 is 1.92 bits per heavy atom. The Labute approximate surface area is 141 Å². The van der Waals surface area contributed by atoms with Gasteiger partial charge in [-0.2, -0.15) is 0 Å². The smallest absolute Gasteiger partial charge is 0.257 e. The van der Waals surface area contributed by atoms with Crippen LogP contribution in [0.4, 0.5) is 10.2 Å². The van der Waals surface area contributed by atoms with E-state index in [9.17, 15) is 9.18 Å². The van der Waals surface area contributed by atoms with Crippen LogP contribution < -0.4 is 4.90 Å². The zero-order valence-corrected chi connectivity index (χ0v) is 14.1. The van der Waals surface area contributed by atoms with E-state index in [1.807, 2.05) is 20.0 Å². The first-order valence-electron chi connectivity index (χ1n) is 8.05. The van der Waals surface area contributed by atoms with Gasteiger partial charge in [-0.3, -0.25) is 4.79 Å². The van der Waals surface area contributed by atoms with E-state index in [2.05, 4.69) is 22.9 Å². The summed E-state index contributed by atoms with van der Waals surface area (Å²) in [7, 11) is 0. The first-order chi connectivity index (χ1) is 11.5. The molecule has 1 aliphatic rings. The van der Waals surface area contributed by atoms with Crippen LogP contribution in [0.5, 0.6) is 0 Å². The minimum absolute atomic E-state index is 0.0793. The Bertz CT molecular complexity index is 747. The SMILES string of the molecule is [CH2]c1cccc(F)c1C(=O)N1CCN(c2ncc(C)cc2C)CC1. The molecule has 0 saturated carbocycles. The average molecular weight is 326 g/mol. The van der Waals surface area contributed by atoms with E-state index in [0.717, 1.165) is 16.9 Å². The zero-order valence-electron chi connectivity index (χ0n) is 14.1. The molecular weight excluding hydrogens is 305 g/mol. The van der Waals surface area contributed by atoms with Crippen LogP contribution in [0.1, 0.15) is 27.0 Å². The summed E-state index contributed by atoms with van der Waals surface area (Å²) < 4.78 is 14.0. The Kier molecular flexibility index (Phi) is 4.51. The van der Waals surface area contributed by atoms with E-state index in [4.69, 9.17) is 0 Å². The van der Waals surface area contributed by atoms with Gasteiger partial charge in [0, 0.05) is 32.4 Å². The minimum atomic E-state index is -0.508. The minimum Gasteiger partial charge on any atom is -0.353 e. The molecule has 4 nitrogen and oxygen atoms in total. The average Bonchev–Trinajstić information content (AvgIpc) is 2.55. The normalized spacial score (nSPS) is 14.8. The molecule has 1 saturated heterocycles. The lowest BCUT2D eigenvalue weighted by Gasteiger charge is -2.36. The Morgan fingerprint density at radius 3 is 2.54 bits per heavy atom. The molecule has 2 aromatic rings. The van der Waals surface area contributed by atoms with Gasteiger partial charge < -0.3 is 9.80 Å². The molecule has 0 bridgehead atoms. The predicted octanol–water partition coefficient (Wildman–Crippen LogP) is 2.98. The van der Waals surface area contributed by atoms with Crippen molar-refractivity contribution in [2.45, 2.75) is 13.8 Å². The van der Waals surface area contributed by atoms with Crippen molar-refractivity contribution in [3.8, 4) is 0 Å². The monoisotopic (exact) mass is 326 g/mol. The number of pyridine rings is 1. The fourth-order valence-corrected chi connectivity index (χ4v) is 3.13. The number of amides is 1. The quantitative estimate of drug-likeness (QED) is 0.851. The molecule has 0 atom stereocenters. The number of aryl methyl sites for hydroxylation is 2. The highest BCUT2D eigenvalue weighted by Gasteiger charge is 2.26. The number of halogens is 1. The number of aromatic nitrogens is 1. The highest BCUT2D eigenvalue weighted by atomic mass is 19.1. The van der Waals surface area contributed by atoms with Crippen molar-refractivity contribution < 1.29 is 9.18 Å². The number of hydrogen-bond donors (Lipinski definition) is 0. The molecular formula is C19H21FN3O. The fraction of sp³-hybridized carbons (Fsp3) is 0.316. The van der Waals surface area contributed by atoms with Crippen LogP contribution in [0.2, 0.25) is 0 Å². The molecule has 1 amide bonds. The maximum atomic E-state index is 14.0. The molecule has 0 spiro atoms. The summed E-state index contributed by atoms with van der Waals surface area (Å²) in [6.45, 7) is 10.3. The second-order valence-electron chi connectivity index (χ2n) is 6.21. The van der Waals surface area contributed by atoms with Crippen LogP contribution in [-0.2, 0) is 0 Å². The van der Waals surface area contributed by atoms with E-state index in [1.165, 1.54) is 6.07 Å². The van der Waals surface area contributed by atoms with Crippen LogP contribution in [-0.4, -0.2) is 42.0 Å². The van der Waals surface area contributed by atoms with E-state index in [0.29, 0.717) is 31.7 Å². The van der Waals surface area contributed by atoms with Crippen LogP contribution in [0.15, 0.2) is 30.5 Å². The number of anilines is 1. The van der Waals surface area contributed by atoms with Crippen LogP contribution in [0.25, 0.3) is 0 Å². The molecule has 0 aliphatic carbocycles. The van der Waals surface area contributed by atoms with Crippen molar-refractivity contribution in [2.24, 2.45) is 0 Å². The third kappa shape index (κ3) is 3.11. The third-order valence-electron chi connectivity index (χ3n) is 4.37. The lowest BCUT2D eigenvalue weighted by molar-refractivity contribution is 0.0741. The maximum absolute atomic E-state index is 14.0. The van der Waals surface area contributed by atoms with Gasteiger partial charge in [-0.25, -0.2) is 9.37 Å². The lowest BCUT2D eigenvalue weighted by atomic mass is 10.1. The second kappa shape index (κ2) is 6.59. The largest absolute Gasteiger partial charge is 0.353 e. The number of benzene rings is 1. The Balaban J connectivity index is 1.72. The van der Waals surface area contributed by atoms with Crippen LogP contribution >= 0.6 is 0 Å². The first-order valence-corrected chi connectivity index (χ1v) is 8.05. The number of rotatable bonds is 2. The molecule has 0 N–H and O–H groups in total. The molecule has 1 aromatic heterocycles. The number of nitrogens with zero attached hydrogens (tertiary/aromatic N) is 3. The molecule has 5 heteroatoms. The zero-order chi connectivity index (χ0) is 17.3. The number of piperazine rings is 1. The number of carbonyl (C=O) groups is 1. The van der Waals surface area contributed by atoms with Gasteiger partial charge in [-0.05, 0) is 43.5 Å². The van der Waals surface area contributed by atoms with Crippen LogP contribution in [0, 0.1) is 26.6 Å². The van der Waals surface area contributed by atoms with Gasteiger partial charge in [-0.15, -0.1) is 0 Å². The Morgan fingerprint density at radius 1 is 1.21 bits per heavy atom. The second-order valence-corrected chi connectivity index (χ2v) is 6.21.